The number of hydrogen-bond donors (Lipinski definition) is 0. The van der Waals surface area contributed by atoms with Gasteiger partial charge in [0, 0.05) is 50.3 Å². The Kier molecular flexibility index (Phi) is 5.09. The van der Waals surface area contributed by atoms with Crippen LogP contribution in [-0.4, -0.2) is 64.3 Å². The van der Waals surface area contributed by atoms with Gasteiger partial charge in [-0.3, -0.25) is 9.78 Å². The molecule has 3 aromatic heterocycles. The summed E-state index contributed by atoms with van der Waals surface area (Å²) < 4.78 is 5.20. The number of methoxy groups -OCH3 is 1. The van der Waals surface area contributed by atoms with Gasteiger partial charge < -0.3 is 14.5 Å². The number of piperazine rings is 1. The lowest BCUT2D eigenvalue weighted by Crippen LogP contribution is -2.49. The van der Waals surface area contributed by atoms with Crippen molar-refractivity contribution in [1.29, 1.82) is 0 Å². The van der Waals surface area contributed by atoms with Crippen LogP contribution in [0.3, 0.4) is 0 Å². The minimum Gasteiger partial charge on any atom is -0.480 e. The van der Waals surface area contributed by atoms with Crippen molar-refractivity contribution >= 4 is 11.7 Å². The van der Waals surface area contributed by atoms with Crippen molar-refractivity contribution in [3.8, 4) is 17.1 Å². The summed E-state index contributed by atoms with van der Waals surface area (Å²) in [6.45, 7) is 2.58. The van der Waals surface area contributed by atoms with E-state index in [0.29, 0.717) is 37.6 Å². The molecule has 1 saturated heterocycles. The van der Waals surface area contributed by atoms with Gasteiger partial charge in [0.1, 0.15) is 5.56 Å². The van der Waals surface area contributed by atoms with Crippen LogP contribution in [0.2, 0.25) is 0 Å². The standard InChI is InChI=1S/C20H20N6O2/c1-28-19-16(5-3-9-22-19)20(27)26-12-10-25(11-13-26)18-7-6-17(23-24-18)15-4-2-8-21-14-15/h2-9,14H,10-13H2,1H3. The predicted molar refractivity (Wildman–Crippen MR) is 104 cm³/mol. The van der Waals surface area contributed by atoms with Gasteiger partial charge in [-0.15, -0.1) is 10.2 Å². The first-order valence-corrected chi connectivity index (χ1v) is 9.03. The molecule has 4 rings (SSSR count). The number of anilines is 1. The Balaban J connectivity index is 1.41. The number of aromatic nitrogens is 4. The van der Waals surface area contributed by atoms with E-state index in [1.807, 2.05) is 29.2 Å². The van der Waals surface area contributed by atoms with Gasteiger partial charge in [-0.05, 0) is 36.4 Å². The molecule has 0 saturated carbocycles. The van der Waals surface area contributed by atoms with E-state index in [9.17, 15) is 4.79 Å². The van der Waals surface area contributed by atoms with Crippen molar-refractivity contribution in [1.82, 2.24) is 25.1 Å². The minimum atomic E-state index is -0.0670. The van der Waals surface area contributed by atoms with Crippen LogP contribution < -0.4 is 9.64 Å². The van der Waals surface area contributed by atoms with Gasteiger partial charge in [0.25, 0.3) is 5.91 Å². The summed E-state index contributed by atoms with van der Waals surface area (Å²) in [7, 11) is 1.52. The van der Waals surface area contributed by atoms with E-state index in [1.165, 1.54) is 7.11 Å². The van der Waals surface area contributed by atoms with E-state index < -0.39 is 0 Å². The van der Waals surface area contributed by atoms with Crippen molar-refractivity contribution < 1.29 is 9.53 Å². The van der Waals surface area contributed by atoms with Crippen molar-refractivity contribution in [3.05, 3.63) is 60.6 Å². The monoisotopic (exact) mass is 376 g/mol. The average molecular weight is 376 g/mol. The largest absolute Gasteiger partial charge is 0.480 e. The number of carbonyl (C=O) groups excluding carboxylic acids is 1. The lowest BCUT2D eigenvalue weighted by Gasteiger charge is -2.35. The molecule has 3 aromatic rings. The molecule has 28 heavy (non-hydrogen) atoms. The first-order chi connectivity index (χ1) is 13.8. The summed E-state index contributed by atoms with van der Waals surface area (Å²) >= 11 is 0. The number of pyridine rings is 2. The highest BCUT2D eigenvalue weighted by Gasteiger charge is 2.25. The molecule has 0 N–H and O–H groups in total. The quantitative estimate of drug-likeness (QED) is 0.688. The minimum absolute atomic E-state index is 0.0670. The Labute approximate surface area is 162 Å². The molecule has 0 spiro atoms. The molecule has 4 heterocycles. The number of nitrogens with zero attached hydrogens (tertiary/aromatic N) is 6. The first kappa shape index (κ1) is 17.8. The zero-order valence-electron chi connectivity index (χ0n) is 15.5. The summed E-state index contributed by atoms with van der Waals surface area (Å²) in [5, 5.41) is 8.66. The molecule has 1 fully saturated rings. The molecule has 8 nitrogen and oxygen atoms in total. The highest BCUT2D eigenvalue weighted by molar-refractivity contribution is 5.96. The van der Waals surface area contributed by atoms with E-state index in [0.717, 1.165) is 17.1 Å². The number of ether oxygens (including phenoxy) is 1. The zero-order valence-corrected chi connectivity index (χ0v) is 15.5. The molecule has 0 aliphatic carbocycles. The topological polar surface area (TPSA) is 84.3 Å². The van der Waals surface area contributed by atoms with E-state index in [1.54, 1.807) is 30.7 Å². The van der Waals surface area contributed by atoms with Crippen molar-refractivity contribution in [2.75, 3.05) is 38.2 Å². The molecular formula is C20H20N6O2. The zero-order chi connectivity index (χ0) is 19.3. The van der Waals surface area contributed by atoms with E-state index >= 15 is 0 Å². The summed E-state index contributed by atoms with van der Waals surface area (Å²) in [6.07, 6.45) is 5.11. The van der Waals surface area contributed by atoms with Crippen LogP contribution in [0.15, 0.2) is 55.0 Å². The van der Waals surface area contributed by atoms with E-state index in [2.05, 4.69) is 25.1 Å². The van der Waals surface area contributed by atoms with Crippen molar-refractivity contribution in [2.45, 2.75) is 0 Å². The van der Waals surface area contributed by atoms with Gasteiger partial charge in [-0.25, -0.2) is 4.98 Å². The maximum atomic E-state index is 12.8. The van der Waals surface area contributed by atoms with Crippen molar-refractivity contribution in [3.63, 3.8) is 0 Å². The summed E-state index contributed by atoms with van der Waals surface area (Å²) in [5.74, 6) is 1.09. The van der Waals surface area contributed by atoms with Gasteiger partial charge in [-0.1, -0.05) is 0 Å². The molecule has 8 heteroatoms. The number of carbonyl (C=O) groups is 1. The molecule has 0 bridgehead atoms. The van der Waals surface area contributed by atoms with Crippen LogP contribution in [0.5, 0.6) is 5.88 Å². The van der Waals surface area contributed by atoms with Crippen LogP contribution in [0.25, 0.3) is 11.3 Å². The Morgan fingerprint density at radius 3 is 2.50 bits per heavy atom. The molecule has 0 unspecified atom stereocenters. The molecule has 0 aromatic carbocycles. The first-order valence-electron chi connectivity index (χ1n) is 9.03. The Morgan fingerprint density at radius 2 is 1.82 bits per heavy atom. The lowest BCUT2D eigenvalue weighted by molar-refractivity contribution is 0.0742. The van der Waals surface area contributed by atoms with Crippen LogP contribution >= 0.6 is 0 Å². The second-order valence-corrected chi connectivity index (χ2v) is 6.36. The van der Waals surface area contributed by atoms with Gasteiger partial charge >= 0.3 is 0 Å². The Bertz CT molecular complexity index is 940. The molecule has 0 radical (unpaired) electrons. The molecule has 142 valence electrons. The van der Waals surface area contributed by atoms with E-state index in [4.69, 9.17) is 4.74 Å². The summed E-state index contributed by atoms with van der Waals surface area (Å²) in [4.78, 5) is 24.9. The van der Waals surface area contributed by atoms with Crippen molar-refractivity contribution in [2.24, 2.45) is 0 Å². The fourth-order valence-corrected chi connectivity index (χ4v) is 3.19. The second-order valence-electron chi connectivity index (χ2n) is 6.36. The van der Waals surface area contributed by atoms with Gasteiger partial charge in [0.15, 0.2) is 5.82 Å². The van der Waals surface area contributed by atoms with E-state index in [-0.39, 0.29) is 5.91 Å². The highest BCUT2D eigenvalue weighted by atomic mass is 16.5. The molecule has 0 atom stereocenters. The average Bonchev–Trinajstić information content (AvgIpc) is 2.79. The number of amides is 1. The Hall–Kier alpha value is -3.55. The molecule has 1 amide bonds. The maximum Gasteiger partial charge on any atom is 0.259 e. The fraction of sp³-hybridized carbons (Fsp3) is 0.250. The third kappa shape index (κ3) is 3.62. The lowest BCUT2D eigenvalue weighted by atomic mass is 10.2. The number of hydrogen-bond acceptors (Lipinski definition) is 7. The molecule has 1 aliphatic heterocycles. The molecular weight excluding hydrogens is 356 g/mol. The Morgan fingerprint density at radius 1 is 1.00 bits per heavy atom. The number of rotatable bonds is 4. The SMILES string of the molecule is COc1ncccc1C(=O)N1CCN(c2ccc(-c3cccnc3)nn2)CC1. The highest BCUT2D eigenvalue weighted by Crippen LogP contribution is 2.20. The van der Waals surface area contributed by atoms with Crippen LogP contribution in [0, 0.1) is 0 Å². The predicted octanol–water partition coefficient (Wildman–Crippen LogP) is 1.90. The third-order valence-corrected chi connectivity index (χ3v) is 4.69. The third-order valence-electron chi connectivity index (χ3n) is 4.69. The fourth-order valence-electron chi connectivity index (χ4n) is 3.19. The second kappa shape index (κ2) is 7.99. The van der Waals surface area contributed by atoms with Crippen LogP contribution in [0.4, 0.5) is 5.82 Å². The maximum absolute atomic E-state index is 12.8. The summed E-state index contributed by atoms with van der Waals surface area (Å²) in [6, 6.07) is 11.2. The van der Waals surface area contributed by atoms with Gasteiger partial charge in [0.2, 0.25) is 5.88 Å². The molecule has 1 aliphatic rings. The van der Waals surface area contributed by atoms with Crippen LogP contribution in [0.1, 0.15) is 10.4 Å². The normalized spacial score (nSPS) is 14.0. The van der Waals surface area contributed by atoms with Gasteiger partial charge in [-0.2, -0.15) is 0 Å². The van der Waals surface area contributed by atoms with Gasteiger partial charge in [0.05, 0.1) is 12.8 Å². The smallest absolute Gasteiger partial charge is 0.259 e. The van der Waals surface area contributed by atoms with Crippen LogP contribution in [-0.2, 0) is 0 Å². The summed E-state index contributed by atoms with van der Waals surface area (Å²) in [5.41, 5.74) is 2.20.